The van der Waals surface area contributed by atoms with Crippen molar-refractivity contribution in [2.45, 2.75) is 6.10 Å². The molecule has 0 heterocycles. The summed E-state index contributed by atoms with van der Waals surface area (Å²) in [6.07, 6.45) is -0.825. The molecule has 0 aliphatic rings. The third-order valence-electron chi connectivity index (χ3n) is 2.37. The van der Waals surface area contributed by atoms with Crippen molar-refractivity contribution >= 4 is 11.6 Å². The van der Waals surface area contributed by atoms with Gasteiger partial charge in [0.25, 0.3) is 0 Å². The van der Waals surface area contributed by atoms with E-state index < -0.39 is 11.9 Å². The van der Waals surface area contributed by atoms with E-state index in [-0.39, 0.29) is 5.02 Å². The van der Waals surface area contributed by atoms with E-state index in [1.54, 1.807) is 12.1 Å². The van der Waals surface area contributed by atoms with Crippen LogP contribution in [0.25, 0.3) is 0 Å². The summed E-state index contributed by atoms with van der Waals surface area (Å²) in [6, 6.07) is 13.1. The van der Waals surface area contributed by atoms with Crippen molar-refractivity contribution in [1.29, 1.82) is 0 Å². The lowest BCUT2D eigenvalue weighted by Crippen LogP contribution is -2.00. The maximum absolute atomic E-state index is 12.8. The van der Waals surface area contributed by atoms with E-state index >= 15 is 0 Å². The van der Waals surface area contributed by atoms with Crippen molar-refractivity contribution in [3.8, 4) is 0 Å². The fraction of sp³-hybridized carbons (Fsp3) is 0.0769. The van der Waals surface area contributed by atoms with Crippen LogP contribution in [0.1, 0.15) is 17.2 Å². The molecule has 82 valence electrons. The molecule has 1 atom stereocenters. The first kappa shape index (κ1) is 11.1. The summed E-state index contributed by atoms with van der Waals surface area (Å²) in [7, 11) is 0. The average Bonchev–Trinajstić information content (AvgIpc) is 2.29. The first-order chi connectivity index (χ1) is 7.68. The first-order valence-corrected chi connectivity index (χ1v) is 5.24. The Labute approximate surface area is 98.1 Å². The predicted octanol–water partition coefficient (Wildman–Crippen LogP) is 3.56. The fourth-order valence-electron chi connectivity index (χ4n) is 1.54. The maximum atomic E-state index is 12.8. The van der Waals surface area contributed by atoms with E-state index in [0.29, 0.717) is 5.56 Å². The lowest BCUT2D eigenvalue weighted by molar-refractivity contribution is 0.220. The van der Waals surface area contributed by atoms with Crippen LogP contribution in [0, 0.1) is 5.82 Å². The highest BCUT2D eigenvalue weighted by Gasteiger charge is 2.13. The Morgan fingerprint density at radius 2 is 1.75 bits per heavy atom. The second-order valence-corrected chi connectivity index (χ2v) is 3.89. The van der Waals surface area contributed by atoms with Crippen molar-refractivity contribution < 1.29 is 9.50 Å². The van der Waals surface area contributed by atoms with Gasteiger partial charge in [0.2, 0.25) is 0 Å². The quantitative estimate of drug-likeness (QED) is 0.845. The van der Waals surface area contributed by atoms with Crippen molar-refractivity contribution in [2.75, 3.05) is 0 Å². The smallest absolute Gasteiger partial charge is 0.124 e. The SMILES string of the molecule is OC(c1ccccc1)c1ccc(F)cc1Cl. The third-order valence-corrected chi connectivity index (χ3v) is 2.70. The highest BCUT2D eigenvalue weighted by molar-refractivity contribution is 6.31. The molecule has 1 N–H and O–H groups in total. The minimum absolute atomic E-state index is 0.233. The second-order valence-electron chi connectivity index (χ2n) is 3.48. The van der Waals surface area contributed by atoms with Crippen molar-refractivity contribution in [2.24, 2.45) is 0 Å². The molecule has 16 heavy (non-hydrogen) atoms. The van der Waals surface area contributed by atoms with Crippen LogP contribution in [-0.2, 0) is 0 Å². The van der Waals surface area contributed by atoms with E-state index in [0.717, 1.165) is 5.56 Å². The zero-order chi connectivity index (χ0) is 11.5. The topological polar surface area (TPSA) is 20.2 Å². The number of aliphatic hydroxyl groups is 1. The normalized spacial score (nSPS) is 12.4. The standard InChI is InChI=1S/C13H10ClFO/c14-12-8-10(15)6-7-11(12)13(16)9-4-2-1-3-5-9/h1-8,13,16H. The number of aliphatic hydroxyl groups excluding tert-OH is 1. The van der Waals surface area contributed by atoms with Gasteiger partial charge in [0.15, 0.2) is 0 Å². The molecule has 2 rings (SSSR count). The second kappa shape index (κ2) is 4.64. The van der Waals surface area contributed by atoms with Crippen LogP contribution in [0.2, 0.25) is 5.02 Å². The number of hydrogen-bond acceptors (Lipinski definition) is 1. The predicted molar refractivity (Wildman–Crippen MR) is 61.9 cm³/mol. The van der Waals surface area contributed by atoms with Gasteiger partial charge in [-0.25, -0.2) is 4.39 Å². The van der Waals surface area contributed by atoms with Crippen LogP contribution in [0.15, 0.2) is 48.5 Å². The summed E-state index contributed by atoms with van der Waals surface area (Å²) < 4.78 is 12.8. The van der Waals surface area contributed by atoms with Crippen molar-refractivity contribution in [1.82, 2.24) is 0 Å². The summed E-state index contributed by atoms with van der Waals surface area (Å²) in [6.45, 7) is 0. The summed E-state index contributed by atoms with van der Waals surface area (Å²) >= 11 is 5.87. The molecule has 1 nitrogen and oxygen atoms in total. The number of benzene rings is 2. The Hall–Kier alpha value is -1.38. The molecule has 2 aromatic rings. The molecule has 2 aromatic carbocycles. The molecule has 3 heteroatoms. The van der Waals surface area contributed by atoms with Gasteiger partial charge >= 0.3 is 0 Å². The Morgan fingerprint density at radius 3 is 2.38 bits per heavy atom. The van der Waals surface area contributed by atoms with E-state index in [2.05, 4.69) is 0 Å². The van der Waals surface area contributed by atoms with Gasteiger partial charge in [-0.05, 0) is 17.7 Å². The highest BCUT2D eigenvalue weighted by Crippen LogP contribution is 2.28. The molecule has 0 radical (unpaired) electrons. The Bertz CT molecular complexity index is 485. The van der Waals surface area contributed by atoms with Crippen molar-refractivity contribution in [3.05, 3.63) is 70.5 Å². The highest BCUT2D eigenvalue weighted by atomic mass is 35.5. The van der Waals surface area contributed by atoms with E-state index in [4.69, 9.17) is 11.6 Å². The average molecular weight is 237 g/mol. The van der Waals surface area contributed by atoms with E-state index in [1.807, 2.05) is 18.2 Å². The Morgan fingerprint density at radius 1 is 1.06 bits per heavy atom. The minimum atomic E-state index is -0.825. The van der Waals surface area contributed by atoms with Gasteiger partial charge in [0.05, 0.1) is 0 Å². The fourth-order valence-corrected chi connectivity index (χ4v) is 1.81. The summed E-state index contributed by atoms with van der Waals surface area (Å²) in [5, 5.41) is 10.3. The van der Waals surface area contributed by atoms with Gasteiger partial charge in [0.1, 0.15) is 11.9 Å². The van der Waals surface area contributed by atoms with Crippen LogP contribution in [0.5, 0.6) is 0 Å². The Kier molecular flexibility index (Phi) is 3.22. The largest absolute Gasteiger partial charge is 0.384 e. The van der Waals surface area contributed by atoms with Crippen LogP contribution >= 0.6 is 11.6 Å². The monoisotopic (exact) mass is 236 g/mol. The molecular formula is C13H10ClFO. The lowest BCUT2D eigenvalue weighted by Gasteiger charge is -2.12. The van der Waals surface area contributed by atoms with Crippen molar-refractivity contribution in [3.63, 3.8) is 0 Å². The molecule has 0 bridgehead atoms. The van der Waals surface area contributed by atoms with Gasteiger partial charge in [-0.15, -0.1) is 0 Å². The van der Waals surface area contributed by atoms with Gasteiger partial charge in [-0.2, -0.15) is 0 Å². The third kappa shape index (κ3) is 2.23. The number of hydrogen-bond donors (Lipinski definition) is 1. The number of halogens is 2. The molecule has 0 saturated heterocycles. The first-order valence-electron chi connectivity index (χ1n) is 4.86. The van der Waals surface area contributed by atoms with Crippen LogP contribution in [-0.4, -0.2) is 5.11 Å². The number of rotatable bonds is 2. The van der Waals surface area contributed by atoms with Gasteiger partial charge < -0.3 is 5.11 Å². The molecule has 0 aromatic heterocycles. The van der Waals surface area contributed by atoms with Gasteiger partial charge in [-0.3, -0.25) is 0 Å². The van der Waals surface area contributed by atoms with E-state index in [9.17, 15) is 9.50 Å². The molecule has 0 spiro atoms. The molecule has 0 aliphatic carbocycles. The summed E-state index contributed by atoms with van der Waals surface area (Å²) in [4.78, 5) is 0. The zero-order valence-corrected chi connectivity index (χ0v) is 9.16. The molecule has 0 amide bonds. The summed E-state index contributed by atoms with van der Waals surface area (Å²) in [5.74, 6) is -0.408. The maximum Gasteiger partial charge on any atom is 0.124 e. The van der Waals surface area contributed by atoms with Gasteiger partial charge in [-0.1, -0.05) is 48.0 Å². The van der Waals surface area contributed by atoms with Crippen LogP contribution in [0.3, 0.4) is 0 Å². The molecule has 1 unspecified atom stereocenters. The molecule has 0 saturated carbocycles. The van der Waals surface area contributed by atoms with Gasteiger partial charge in [0, 0.05) is 10.6 Å². The lowest BCUT2D eigenvalue weighted by atomic mass is 10.0. The minimum Gasteiger partial charge on any atom is -0.384 e. The zero-order valence-electron chi connectivity index (χ0n) is 8.40. The molecular weight excluding hydrogens is 227 g/mol. The summed E-state index contributed by atoms with van der Waals surface area (Å²) in [5.41, 5.74) is 1.24. The Balaban J connectivity index is 2.38. The van der Waals surface area contributed by atoms with Crippen LogP contribution in [0.4, 0.5) is 4.39 Å². The van der Waals surface area contributed by atoms with E-state index in [1.165, 1.54) is 18.2 Å². The molecule has 0 fully saturated rings. The van der Waals surface area contributed by atoms with Crippen LogP contribution < -0.4 is 0 Å². The molecule has 0 aliphatic heterocycles.